The number of carbonyl (C=O) groups is 4. The SMILES string of the molecule is CCC(C)C(NC(=O)C(C)N)C(=O)NC(CS)C(=O)NC(CCSC)C(=O)O. The van der Waals surface area contributed by atoms with Gasteiger partial charge in [-0.25, -0.2) is 4.79 Å². The van der Waals surface area contributed by atoms with E-state index in [-0.39, 0.29) is 18.1 Å². The third-order valence-electron chi connectivity index (χ3n) is 4.25. The van der Waals surface area contributed by atoms with Crippen LogP contribution in [0.3, 0.4) is 0 Å². The topological polar surface area (TPSA) is 151 Å². The molecule has 3 amide bonds. The summed E-state index contributed by atoms with van der Waals surface area (Å²) in [7, 11) is 0. The molecule has 5 atom stereocenters. The van der Waals surface area contributed by atoms with Gasteiger partial charge in [-0.2, -0.15) is 24.4 Å². The normalized spacial score (nSPS) is 16.2. The van der Waals surface area contributed by atoms with Gasteiger partial charge in [-0.15, -0.1) is 0 Å². The second-order valence-electron chi connectivity index (χ2n) is 6.59. The molecule has 5 unspecified atom stereocenters. The molecule has 0 aliphatic heterocycles. The number of nitrogens with two attached hydrogens (primary N) is 1. The molecule has 0 fully saturated rings. The minimum atomic E-state index is -1.15. The molecule has 0 aromatic carbocycles. The minimum Gasteiger partial charge on any atom is -0.480 e. The molecule has 0 aliphatic carbocycles. The van der Waals surface area contributed by atoms with Crippen molar-refractivity contribution in [3.8, 4) is 0 Å². The summed E-state index contributed by atoms with van der Waals surface area (Å²) in [6, 6.07) is -3.74. The van der Waals surface area contributed by atoms with Crippen LogP contribution in [0.25, 0.3) is 0 Å². The van der Waals surface area contributed by atoms with E-state index in [1.807, 2.05) is 13.2 Å². The molecular weight excluding hydrogens is 404 g/mol. The van der Waals surface area contributed by atoms with Crippen LogP contribution in [0.2, 0.25) is 0 Å². The average molecular weight is 437 g/mol. The highest BCUT2D eigenvalue weighted by Gasteiger charge is 2.31. The van der Waals surface area contributed by atoms with Crippen LogP contribution in [-0.4, -0.2) is 70.7 Å². The summed E-state index contributed by atoms with van der Waals surface area (Å²) in [5.41, 5.74) is 5.55. The molecule has 0 aromatic rings. The molecular formula is C17H32N4O5S2. The third kappa shape index (κ3) is 9.16. The second-order valence-corrected chi connectivity index (χ2v) is 7.94. The Bertz CT molecular complexity index is 548. The van der Waals surface area contributed by atoms with Crippen LogP contribution in [0.1, 0.15) is 33.6 Å². The smallest absolute Gasteiger partial charge is 0.326 e. The largest absolute Gasteiger partial charge is 0.480 e. The molecule has 0 bridgehead atoms. The van der Waals surface area contributed by atoms with Crippen LogP contribution in [0.5, 0.6) is 0 Å². The Balaban J connectivity index is 5.15. The zero-order valence-electron chi connectivity index (χ0n) is 16.7. The summed E-state index contributed by atoms with van der Waals surface area (Å²) in [5.74, 6) is -2.47. The number of hydrogen-bond acceptors (Lipinski definition) is 7. The van der Waals surface area contributed by atoms with Gasteiger partial charge in [0.1, 0.15) is 18.1 Å². The average Bonchev–Trinajstić information content (AvgIpc) is 2.65. The summed E-state index contributed by atoms with van der Waals surface area (Å²) in [6.07, 6.45) is 2.71. The summed E-state index contributed by atoms with van der Waals surface area (Å²) in [6.45, 7) is 5.17. The van der Waals surface area contributed by atoms with Gasteiger partial charge in [-0.3, -0.25) is 14.4 Å². The molecule has 0 radical (unpaired) electrons. The Morgan fingerprint density at radius 2 is 1.61 bits per heavy atom. The van der Waals surface area contributed by atoms with E-state index in [9.17, 15) is 24.3 Å². The Morgan fingerprint density at radius 1 is 1.04 bits per heavy atom. The first-order valence-corrected chi connectivity index (χ1v) is 11.1. The van der Waals surface area contributed by atoms with Gasteiger partial charge in [0.05, 0.1) is 6.04 Å². The van der Waals surface area contributed by atoms with E-state index in [0.29, 0.717) is 12.2 Å². The highest BCUT2D eigenvalue weighted by atomic mass is 32.2. The Kier molecular flexibility index (Phi) is 13.0. The lowest BCUT2D eigenvalue weighted by Gasteiger charge is -2.27. The van der Waals surface area contributed by atoms with Crippen molar-refractivity contribution in [3.05, 3.63) is 0 Å². The first-order chi connectivity index (χ1) is 13.1. The maximum Gasteiger partial charge on any atom is 0.326 e. The van der Waals surface area contributed by atoms with Gasteiger partial charge >= 0.3 is 5.97 Å². The Morgan fingerprint density at radius 3 is 2.04 bits per heavy atom. The molecule has 11 heteroatoms. The van der Waals surface area contributed by atoms with Crippen molar-refractivity contribution in [3.63, 3.8) is 0 Å². The fourth-order valence-corrected chi connectivity index (χ4v) is 2.94. The quantitative estimate of drug-likeness (QED) is 0.215. The lowest BCUT2D eigenvalue weighted by molar-refractivity contribution is -0.142. The molecule has 0 aliphatic rings. The summed E-state index contributed by atoms with van der Waals surface area (Å²) in [4.78, 5) is 48.3. The van der Waals surface area contributed by atoms with Gasteiger partial charge in [-0.1, -0.05) is 20.3 Å². The van der Waals surface area contributed by atoms with Gasteiger partial charge in [0, 0.05) is 5.75 Å². The van der Waals surface area contributed by atoms with Gasteiger partial charge in [0.15, 0.2) is 0 Å². The third-order valence-corrected chi connectivity index (χ3v) is 5.26. The second kappa shape index (κ2) is 13.7. The molecule has 0 spiro atoms. The van der Waals surface area contributed by atoms with Gasteiger partial charge in [-0.05, 0) is 31.3 Å². The number of thioether (sulfide) groups is 1. The minimum absolute atomic E-state index is 0.0269. The number of nitrogens with one attached hydrogen (secondary N) is 3. The van der Waals surface area contributed by atoms with Crippen LogP contribution in [0.4, 0.5) is 0 Å². The molecule has 28 heavy (non-hydrogen) atoms. The number of aliphatic carboxylic acids is 1. The predicted octanol–water partition coefficient (Wildman–Crippen LogP) is -0.398. The van der Waals surface area contributed by atoms with Crippen molar-refractivity contribution in [2.75, 3.05) is 17.8 Å². The van der Waals surface area contributed by atoms with E-state index in [1.165, 1.54) is 18.7 Å². The van der Waals surface area contributed by atoms with Crippen LogP contribution in [0, 0.1) is 5.92 Å². The monoisotopic (exact) mass is 436 g/mol. The van der Waals surface area contributed by atoms with E-state index in [1.54, 1.807) is 6.92 Å². The molecule has 162 valence electrons. The number of carbonyl (C=O) groups excluding carboxylic acids is 3. The van der Waals surface area contributed by atoms with Crippen LogP contribution < -0.4 is 21.7 Å². The van der Waals surface area contributed by atoms with E-state index < -0.39 is 47.9 Å². The van der Waals surface area contributed by atoms with Gasteiger partial charge in [0.25, 0.3) is 0 Å². The molecule has 0 heterocycles. The summed E-state index contributed by atoms with van der Waals surface area (Å²) in [5, 5.41) is 16.8. The van der Waals surface area contributed by atoms with Crippen LogP contribution in [0.15, 0.2) is 0 Å². The Labute approximate surface area is 175 Å². The highest BCUT2D eigenvalue weighted by Crippen LogP contribution is 2.09. The summed E-state index contributed by atoms with van der Waals surface area (Å²) < 4.78 is 0. The number of carboxylic acid groups (broad SMARTS) is 1. The number of amides is 3. The van der Waals surface area contributed by atoms with Crippen LogP contribution >= 0.6 is 24.4 Å². The number of hydrogen-bond donors (Lipinski definition) is 6. The number of rotatable bonds is 13. The Hall–Kier alpha value is -1.46. The maximum atomic E-state index is 12.7. The van der Waals surface area contributed by atoms with Gasteiger partial charge < -0.3 is 26.8 Å². The van der Waals surface area contributed by atoms with Crippen molar-refractivity contribution in [1.82, 2.24) is 16.0 Å². The molecule has 6 N–H and O–H groups in total. The lowest BCUT2D eigenvalue weighted by atomic mass is 9.97. The molecule has 0 saturated heterocycles. The first kappa shape index (κ1) is 26.5. The fraction of sp³-hybridized carbons (Fsp3) is 0.765. The standard InChI is InChI=1S/C17H32N4O5S2/c1-5-9(2)13(21-14(22)10(3)18)16(24)20-12(8-27)15(23)19-11(17(25)26)6-7-28-4/h9-13,27H,5-8,18H2,1-4H3,(H,19,23)(H,20,24)(H,21,22)(H,25,26). The predicted molar refractivity (Wildman–Crippen MR) is 113 cm³/mol. The van der Waals surface area contributed by atoms with Crippen molar-refractivity contribution in [1.29, 1.82) is 0 Å². The van der Waals surface area contributed by atoms with E-state index in [0.717, 1.165) is 0 Å². The summed E-state index contributed by atoms with van der Waals surface area (Å²) >= 11 is 5.55. The number of thiol groups is 1. The zero-order valence-corrected chi connectivity index (χ0v) is 18.4. The van der Waals surface area contributed by atoms with E-state index in [2.05, 4.69) is 28.6 Å². The first-order valence-electron chi connectivity index (χ1n) is 9.08. The van der Waals surface area contributed by atoms with E-state index in [4.69, 9.17) is 5.73 Å². The van der Waals surface area contributed by atoms with Crippen molar-refractivity contribution >= 4 is 48.1 Å². The van der Waals surface area contributed by atoms with Crippen molar-refractivity contribution in [2.24, 2.45) is 11.7 Å². The van der Waals surface area contributed by atoms with E-state index >= 15 is 0 Å². The highest BCUT2D eigenvalue weighted by molar-refractivity contribution is 7.98. The molecule has 9 nitrogen and oxygen atoms in total. The zero-order chi connectivity index (χ0) is 21.9. The fourth-order valence-electron chi connectivity index (χ4n) is 2.21. The number of carboxylic acids is 1. The van der Waals surface area contributed by atoms with Crippen molar-refractivity contribution in [2.45, 2.75) is 57.8 Å². The maximum absolute atomic E-state index is 12.7. The van der Waals surface area contributed by atoms with Crippen LogP contribution in [-0.2, 0) is 19.2 Å². The molecule has 0 rings (SSSR count). The molecule has 0 saturated carbocycles. The van der Waals surface area contributed by atoms with Gasteiger partial charge in [0.2, 0.25) is 17.7 Å². The molecule has 0 aromatic heterocycles. The lowest BCUT2D eigenvalue weighted by Crippen LogP contribution is -2.58. The van der Waals surface area contributed by atoms with Crippen molar-refractivity contribution < 1.29 is 24.3 Å².